The smallest absolute Gasteiger partial charge is 0.155 e. The number of anilines is 3. The summed E-state index contributed by atoms with van der Waals surface area (Å²) < 4.78 is 15.5. The van der Waals surface area contributed by atoms with Crippen LogP contribution in [0.4, 0.5) is 17.1 Å². The Morgan fingerprint density at radius 3 is 1.96 bits per heavy atom. The van der Waals surface area contributed by atoms with Gasteiger partial charge in [0.2, 0.25) is 0 Å². The first-order valence-corrected chi connectivity index (χ1v) is 16.8. The van der Waals surface area contributed by atoms with Crippen LogP contribution in [0.5, 0.6) is 23.0 Å². The highest BCUT2D eigenvalue weighted by Gasteiger charge is 2.36. The Labute approximate surface area is 284 Å². The molecule has 0 spiro atoms. The standard InChI is InChI=1S/C45H30N2O2/c1-45(2)36-14-7-6-12-32(36)33-23-22-30(25-37(33)45)46(29-20-18-28(19-21-29)27-10-4-3-5-11-27)31-24-35-34-13-8-15-38-42(34)47-43(35)41(26-31)49-40-17-9-16-39(48-38)44(40)47/h3-26H,1-2H3. The van der Waals surface area contributed by atoms with Gasteiger partial charge in [-0.05, 0) is 81.9 Å². The van der Waals surface area contributed by atoms with Crippen LogP contribution in [0.2, 0.25) is 0 Å². The van der Waals surface area contributed by atoms with Crippen LogP contribution in [0, 0.1) is 0 Å². The van der Waals surface area contributed by atoms with Crippen LogP contribution < -0.4 is 14.4 Å². The highest BCUT2D eigenvalue weighted by molar-refractivity contribution is 6.16. The second-order valence-electron chi connectivity index (χ2n) is 13.8. The van der Waals surface area contributed by atoms with Crippen molar-refractivity contribution in [1.29, 1.82) is 0 Å². The molecule has 11 rings (SSSR count). The molecule has 0 saturated heterocycles. The van der Waals surface area contributed by atoms with Crippen molar-refractivity contribution < 1.29 is 9.47 Å². The molecule has 232 valence electrons. The molecule has 3 heterocycles. The number of hydrogen-bond acceptors (Lipinski definition) is 3. The Hall–Kier alpha value is -6.26. The topological polar surface area (TPSA) is 26.6 Å². The van der Waals surface area contributed by atoms with E-state index in [4.69, 9.17) is 9.47 Å². The first-order valence-electron chi connectivity index (χ1n) is 16.8. The Bertz CT molecular complexity index is 2690. The largest absolute Gasteiger partial charge is 0.453 e. The van der Waals surface area contributed by atoms with E-state index in [1.165, 1.54) is 33.4 Å². The van der Waals surface area contributed by atoms with Crippen molar-refractivity contribution in [2.45, 2.75) is 19.3 Å². The van der Waals surface area contributed by atoms with Crippen molar-refractivity contribution in [3.8, 4) is 50.9 Å². The Morgan fingerprint density at radius 2 is 1.12 bits per heavy atom. The summed E-state index contributed by atoms with van der Waals surface area (Å²) in [5.74, 6) is 3.31. The Kier molecular flexibility index (Phi) is 5.15. The predicted molar refractivity (Wildman–Crippen MR) is 199 cm³/mol. The van der Waals surface area contributed by atoms with Gasteiger partial charge in [0.1, 0.15) is 5.69 Å². The van der Waals surface area contributed by atoms with Crippen molar-refractivity contribution in [2.75, 3.05) is 4.90 Å². The lowest BCUT2D eigenvalue weighted by Gasteiger charge is -2.30. The average Bonchev–Trinajstić information content (AvgIpc) is 3.59. The monoisotopic (exact) mass is 630 g/mol. The lowest BCUT2D eigenvalue weighted by atomic mass is 9.82. The van der Waals surface area contributed by atoms with Crippen molar-refractivity contribution in [2.24, 2.45) is 0 Å². The van der Waals surface area contributed by atoms with Gasteiger partial charge in [-0.3, -0.25) is 4.57 Å². The summed E-state index contributed by atoms with van der Waals surface area (Å²) in [4.78, 5) is 2.38. The third-order valence-corrected chi connectivity index (χ3v) is 10.7. The van der Waals surface area contributed by atoms with Crippen molar-refractivity contribution in [1.82, 2.24) is 4.57 Å². The van der Waals surface area contributed by atoms with Gasteiger partial charge >= 0.3 is 0 Å². The molecule has 0 N–H and O–H groups in total. The molecule has 0 atom stereocenters. The van der Waals surface area contributed by atoms with Gasteiger partial charge in [0, 0.05) is 33.6 Å². The van der Waals surface area contributed by atoms with Gasteiger partial charge in [-0.1, -0.05) is 105 Å². The molecule has 7 aromatic carbocycles. The fourth-order valence-electron chi connectivity index (χ4n) is 8.46. The molecule has 4 nitrogen and oxygen atoms in total. The molecule has 0 radical (unpaired) electrons. The summed E-state index contributed by atoms with van der Waals surface area (Å²) in [5, 5.41) is 2.28. The number of nitrogens with zero attached hydrogens (tertiary/aromatic N) is 2. The van der Waals surface area contributed by atoms with Crippen LogP contribution in [-0.4, -0.2) is 4.57 Å². The number of para-hydroxylation sites is 2. The molecule has 0 bridgehead atoms. The predicted octanol–water partition coefficient (Wildman–Crippen LogP) is 12.4. The minimum absolute atomic E-state index is 0.121. The lowest BCUT2D eigenvalue weighted by Crippen LogP contribution is -2.16. The van der Waals surface area contributed by atoms with Crippen LogP contribution in [-0.2, 0) is 5.41 Å². The summed E-state index contributed by atoms with van der Waals surface area (Å²) >= 11 is 0. The van der Waals surface area contributed by atoms with Gasteiger partial charge in [-0.2, -0.15) is 0 Å². The van der Waals surface area contributed by atoms with Crippen molar-refractivity contribution >= 4 is 38.9 Å². The number of aromatic nitrogens is 1. The van der Waals surface area contributed by atoms with Crippen LogP contribution >= 0.6 is 0 Å². The zero-order valence-corrected chi connectivity index (χ0v) is 27.1. The number of benzene rings is 7. The lowest BCUT2D eigenvalue weighted by molar-refractivity contribution is 0.444. The van der Waals surface area contributed by atoms with E-state index in [9.17, 15) is 0 Å². The molecular weight excluding hydrogens is 601 g/mol. The molecule has 2 aliphatic heterocycles. The molecular formula is C45H30N2O2. The fraction of sp³-hybridized carbons (Fsp3) is 0.0667. The quantitative estimate of drug-likeness (QED) is 0.194. The van der Waals surface area contributed by atoms with Crippen LogP contribution in [0.25, 0.3) is 49.7 Å². The maximum absolute atomic E-state index is 6.75. The molecule has 0 amide bonds. The minimum atomic E-state index is -0.121. The van der Waals surface area contributed by atoms with E-state index in [1.807, 2.05) is 18.2 Å². The van der Waals surface area contributed by atoms with Gasteiger partial charge < -0.3 is 14.4 Å². The van der Waals surface area contributed by atoms with Crippen LogP contribution in [0.1, 0.15) is 25.0 Å². The van der Waals surface area contributed by atoms with E-state index < -0.39 is 0 Å². The first kappa shape index (κ1) is 26.8. The zero-order chi connectivity index (χ0) is 32.4. The third kappa shape index (κ3) is 3.58. The third-order valence-electron chi connectivity index (χ3n) is 10.7. The van der Waals surface area contributed by atoms with Gasteiger partial charge in [0.25, 0.3) is 0 Å². The highest BCUT2D eigenvalue weighted by atomic mass is 16.5. The van der Waals surface area contributed by atoms with Crippen molar-refractivity contribution in [3.63, 3.8) is 0 Å². The van der Waals surface area contributed by atoms with Gasteiger partial charge in [0.05, 0.1) is 16.7 Å². The molecule has 0 fully saturated rings. The van der Waals surface area contributed by atoms with E-state index in [2.05, 4.69) is 151 Å². The second kappa shape index (κ2) is 9.42. The van der Waals surface area contributed by atoms with E-state index in [1.54, 1.807) is 0 Å². The maximum atomic E-state index is 6.75. The molecule has 49 heavy (non-hydrogen) atoms. The van der Waals surface area contributed by atoms with Crippen LogP contribution in [0.15, 0.2) is 146 Å². The fourth-order valence-corrected chi connectivity index (χ4v) is 8.46. The SMILES string of the molecule is CC1(C)c2ccccc2-c2ccc(N(c3ccc(-c4ccccc4)cc3)c3cc4c5c(c3)c3cccc6c3n5-c3c(cccc3O4)O6)cc21. The summed E-state index contributed by atoms with van der Waals surface area (Å²) in [6.07, 6.45) is 0. The summed E-state index contributed by atoms with van der Waals surface area (Å²) in [5.41, 5.74) is 13.9. The number of ether oxygens (including phenoxy) is 2. The Morgan fingerprint density at radius 1 is 0.469 bits per heavy atom. The van der Waals surface area contributed by atoms with E-state index in [-0.39, 0.29) is 5.41 Å². The molecule has 0 unspecified atom stereocenters. The molecule has 1 aromatic heterocycles. The summed E-state index contributed by atoms with van der Waals surface area (Å²) in [6.45, 7) is 4.68. The first-order chi connectivity index (χ1) is 24.0. The van der Waals surface area contributed by atoms with E-state index in [0.29, 0.717) is 0 Å². The zero-order valence-electron chi connectivity index (χ0n) is 27.1. The molecule has 4 heteroatoms. The van der Waals surface area contributed by atoms with E-state index >= 15 is 0 Å². The number of hydrogen-bond donors (Lipinski definition) is 0. The van der Waals surface area contributed by atoms with Gasteiger partial charge in [-0.25, -0.2) is 0 Å². The molecule has 1 aliphatic carbocycles. The van der Waals surface area contributed by atoms with Crippen LogP contribution in [0.3, 0.4) is 0 Å². The molecule has 8 aromatic rings. The normalized spacial score (nSPS) is 14.0. The minimum Gasteiger partial charge on any atom is -0.453 e. The number of rotatable bonds is 4. The van der Waals surface area contributed by atoms with Crippen molar-refractivity contribution in [3.05, 3.63) is 157 Å². The number of fused-ring (bicyclic) bond motifs is 4. The maximum Gasteiger partial charge on any atom is 0.155 e. The molecule has 0 saturated carbocycles. The second-order valence-corrected chi connectivity index (χ2v) is 13.8. The summed E-state index contributed by atoms with van der Waals surface area (Å²) in [7, 11) is 0. The Balaban J connectivity index is 1.16. The average molecular weight is 631 g/mol. The van der Waals surface area contributed by atoms with Gasteiger partial charge in [0.15, 0.2) is 23.0 Å². The van der Waals surface area contributed by atoms with E-state index in [0.717, 1.165) is 67.6 Å². The highest BCUT2D eigenvalue weighted by Crippen LogP contribution is 2.56. The summed E-state index contributed by atoms with van der Waals surface area (Å²) in [6, 6.07) is 52.2. The molecule has 3 aliphatic rings. The van der Waals surface area contributed by atoms with Gasteiger partial charge in [-0.15, -0.1) is 0 Å².